The molecule has 0 aliphatic rings. The smallest absolute Gasteiger partial charge is 0.241 e. The zero-order valence-electron chi connectivity index (χ0n) is 9.51. The molecule has 0 saturated heterocycles. The summed E-state index contributed by atoms with van der Waals surface area (Å²) in [6.45, 7) is 6.96. The van der Waals surface area contributed by atoms with Gasteiger partial charge >= 0.3 is 0 Å². The third-order valence-corrected chi connectivity index (χ3v) is 3.33. The van der Waals surface area contributed by atoms with Gasteiger partial charge in [-0.15, -0.1) is 11.3 Å². The molecule has 2 aromatic heterocycles. The average molecular weight is 237 g/mol. The highest BCUT2D eigenvalue weighted by Gasteiger charge is 2.11. The molecule has 2 heterocycles. The van der Waals surface area contributed by atoms with Crippen LogP contribution in [-0.2, 0) is 6.54 Å². The van der Waals surface area contributed by atoms with Crippen LogP contribution in [0.5, 0.6) is 0 Å². The molecule has 0 unspecified atom stereocenters. The fraction of sp³-hybridized carbons (Fsp3) is 0.455. The molecular weight excluding hydrogens is 222 g/mol. The predicted octanol–water partition coefficient (Wildman–Crippen LogP) is 2.64. The Kier molecular flexibility index (Phi) is 3.69. The van der Waals surface area contributed by atoms with Gasteiger partial charge in [-0.3, -0.25) is 4.90 Å². The van der Waals surface area contributed by atoms with E-state index in [1.54, 1.807) is 11.3 Å². The molecule has 0 amide bonds. The van der Waals surface area contributed by atoms with Crippen LogP contribution in [-0.4, -0.2) is 28.1 Å². The molecule has 0 N–H and O–H groups in total. The molecule has 0 spiro atoms. The van der Waals surface area contributed by atoms with Gasteiger partial charge in [0, 0.05) is 0 Å². The average Bonchev–Trinajstić information content (AvgIpc) is 2.96. The molecule has 5 heteroatoms. The second kappa shape index (κ2) is 5.23. The third kappa shape index (κ3) is 2.48. The first-order chi connectivity index (χ1) is 7.83. The Morgan fingerprint density at radius 2 is 2.19 bits per heavy atom. The summed E-state index contributed by atoms with van der Waals surface area (Å²) in [5.41, 5.74) is 0. The Balaban J connectivity index is 2.08. The van der Waals surface area contributed by atoms with Crippen LogP contribution in [0.4, 0.5) is 0 Å². The largest absolute Gasteiger partial charge is 0.338 e. The topological polar surface area (TPSA) is 42.2 Å². The lowest BCUT2D eigenvalue weighted by atomic mass is 10.4. The Morgan fingerprint density at radius 3 is 2.81 bits per heavy atom. The number of hydrogen-bond donors (Lipinski definition) is 0. The van der Waals surface area contributed by atoms with Crippen LogP contribution in [0, 0.1) is 0 Å². The maximum atomic E-state index is 5.23. The monoisotopic (exact) mass is 237 g/mol. The van der Waals surface area contributed by atoms with Gasteiger partial charge in [-0.05, 0) is 24.5 Å². The number of aromatic nitrogens is 2. The van der Waals surface area contributed by atoms with Crippen LogP contribution < -0.4 is 0 Å². The number of nitrogens with zero attached hydrogens (tertiary/aromatic N) is 3. The maximum absolute atomic E-state index is 5.23. The summed E-state index contributed by atoms with van der Waals surface area (Å²) in [6.07, 6.45) is 0. The van der Waals surface area contributed by atoms with E-state index in [-0.39, 0.29) is 0 Å². The minimum Gasteiger partial charge on any atom is -0.338 e. The first kappa shape index (κ1) is 11.3. The molecule has 0 fully saturated rings. The number of thiophene rings is 1. The van der Waals surface area contributed by atoms with Gasteiger partial charge in [-0.1, -0.05) is 25.1 Å². The summed E-state index contributed by atoms with van der Waals surface area (Å²) in [5.74, 6) is 1.38. The Hall–Kier alpha value is -1.20. The van der Waals surface area contributed by atoms with Gasteiger partial charge in [0.15, 0.2) is 0 Å². The van der Waals surface area contributed by atoms with Gasteiger partial charge in [0.25, 0.3) is 0 Å². The number of hydrogen-bond acceptors (Lipinski definition) is 5. The Morgan fingerprint density at radius 1 is 1.38 bits per heavy atom. The summed E-state index contributed by atoms with van der Waals surface area (Å²) in [6, 6.07) is 3.98. The first-order valence-corrected chi connectivity index (χ1v) is 6.30. The van der Waals surface area contributed by atoms with Gasteiger partial charge in [-0.25, -0.2) is 0 Å². The van der Waals surface area contributed by atoms with Crippen LogP contribution >= 0.6 is 11.3 Å². The van der Waals surface area contributed by atoms with Crippen molar-refractivity contribution in [3.63, 3.8) is 0 Å². The summed E-state index contributed by atoms with van der Waals surface area (Å²) in [4.78, 5) is 7.67. The first-order valence-electron chi connectivity index (χ1n) is 5.42. The zero-order chi connectivity index (χ0) is 11.4. The molecule has 2 aromatic rings. The quantitative estimate of drug-likeness (QED) is 0.801. The standard InChI is InChI=1S/C11H15N3OS/c1-3-14(4-2)8-10-12-11(13-15-10)9-6-5-7-16-9/h5-7H,3-4,8H2,1-2H3. The van der Waals surface area contributed by atoms with Crippen molar-refractivity contribution in [2.75, 3.05) is 13.1 Å². The van der Waals surface area contributed by atoms with Crippen molar-refractivity contribution in [3.05, 3.63) is 23.4 Å². The van der Waals surface area contributed by atoms with Crippen LogP contribution in [0.15, 0.2) is 22.0 Å². The van der Waals surface area contributed by atoms with E-state index in [0.29, 0.717) is 11.7 Å². The molecule has 0 radical (unpaired) electrons. The van der Waals surface area contributed by atoms with Gasteiger partial charge in [0.2, 0.25) is 11.7 Å². The maximum Gasteiger partial charge on any atom is 0.241 e. The van der Waals surface area contributed by atoms with E-state index in [1.165, 1.54) is 0 Å². The minimum absolute atomic E-state index is 0.687. The van der Waals surface area contributed by atoms with E-state index < -0.39 is 0 Å². The van der Waals surface area contributed by atoms with Crippen molar-refractivity contribution in [1.29, 1.82) is 0 Å². The Bertz CT molecular complexity index is 420. The lowest BCUT2D eigenvalue weighted by molar-refractivity contribution is 0.246. The molecule has 4 nitrogen and oxygen atoms in total. The van der Waals surface area contributed by atoms with Crippen molar-refractivity contribution >= 4 is 11.3 Å². The van der Waals surface area contributed by atoms with Crippen molar-refractivity contribution < 1.29 is 4.52 Å². The summed E-state index contributed by atoms with van der Waals surface area (Å²) >= 11 is 1.62. The van der Waals surface area contributed by atoms with Crippen molar-refractivity contribution in [1.82, 2.24) is 15.0 Å². The lowest BCUT2D eigenvalue weighted by Crippen LogP contribution is -2.22. The second-order valence-corrected chi connectivity index (χ2v) is 4.40. The molecule has 0 aliphatic heterocycles. The van der Waals surface area contributed by atoms with Crippen LogP contribution in [0.2, 0.25) is 0 Å². The zero-order valence-corrected chi connectivity index (χ0v) is 10.3. The molecular formula is C11H15N3OS. The molecule has 0 aliphatic carbocycles. The molecule has 0 atom stereocenters. The second-order valence-electron chi connectivity index (χ2n) is 3.45. The van der Waals surface area contributed by atoms with E-state index in [0.717, 1.165) is 24.5 Å². The fourth-order valence-corrected chi connectivity index (χ4v) is 2.11. The van der Waals surface area contributed by atoms with Crippen LogP contribution in [0.3, 0.4) is 0 Å². The summed E-state index contributed by atoms with van der Waals surface area (Å²) < 4.78 is 5.23. The van der Waals surface area contributed by atoms with Crippen LogP contribution in [0.25, 0.3) is 10.7 Å². The third-order valence-electron chi connectivity index (χ3n) is 2.46. The molecule has 16 heavy (non-hydrogen) atoms. The van der Waals surface area contributed by atoms with E-state index in [4.69, 9.17) is 4.52 Å². The number of rotatable bonds is 5. The van der Waals surface area contributed by atoms with E-state index in [2.05, 4.69) is 28.9 Å². The van der Waals surface area contributed by atoms with Crippen molar-refractivity contribution in [2.45, 2.75) is 20.4 Å². The minimum atomic E-state index is 0.687. The normalized spacial score (nSPS) is 11.2. The lowest BCUT2D eigenvalue weighted by Gasteiger charge is -2.14. The van der Waals surface area contributed by atoms with Crippen molar-refractivity contribution in [2.24, 2.45) is 0 Å². The summed E-state index contributed by atoms with van der Waals surface area (Å²) in [5, 5.41) is 5.99. The van der Waals surface area contributed by atoms with Gasteiger partial charge in [-0.2, -0.15) is 4.98 Å². The van der Waals surface area contributed by atoms with Crippen molar-refractivity contribution in [3.8, 4) is 10.7 Å². The van der Waals surface area contributed by atoms with Gasteiger partial charge < -0.3 is 4.52 Å². The summed E-state index contributed by atoms with van der Waals surface area (Å²) in [7, 11) is 0. The van der Waals surface area contributed by atoms with Gasteiger partial charge in [0.1, 0.15) is 0 Å². The highest BCUT2D eigenvalue weighted by Crippen LogP contribution is 2.21. The van der Waals surface area contributed by atoms with E-state index in [1.807, 2.05) is 17.5 Å². The Labute approximate surface area is 98.9 Å². The van der Waals surface area contributed by atoms with E-state index in [9.17, 15) is 0 Å². The highest BCUT2D eigenvalue weighted by atomic mass is 32.1. The highest BCUT2D eigenvalue weighted by molar-refractivity contribution is 7.13. The predicted molar refractivity (Wildman–Crippen MR) is 64.2 cm³/mol. The fourth-order valence-electron chi connectivity index (χ4n) is 1.46. The SMILES string of the molecule is CCN(CC)Cc1nc(-c2cccs2)no1. The molecule has 0 saturated carbocycles. The molecule has 86 valence electrons. The molecule has 0 aromatic carbocycles. The van der Waals surface area contributed by atoms with E-state index >= 15 is 0 Å². The van der Waals surface area contributed by atoms with Crippen LogP contribution in [0.1, 0.15) is 19.7 Å². The van der Waals surface area contributed by atoms with Gasteiger partial charge in [0.05, 0.1) is 11.4 Å². The molecule has 2 rings (SSSR count). The molecule has 0 bridgehead atoms.